The largest absolute Gasteiger partial charge is 0.443 e. The summed E-state index contributed by atoms with van der Waals surface area (Å²) < 4.78 is 5.37. The van der Waals surface area contributed by atoms with Crippen molar-refractivity contribution in [2.24, 2.45) is 0 Å². The lowest BCUT2D eigenvalue weighted by molar-refractivity contribution is -0.737. The molecule has 0 aromatic heterocycles. The van der Waals surface area contributed by atoms with Gasteiger partial charge in [0.15, 0.2) is 7.11 Å². The Morgan fingerprint density at radius 3 is 2.62 bits per heavy atom. The van der Waals surface area contributed by atoms with Crippen LogP contribution in [-0.2, 0) is 16.0 Å². The van der Waals surface area contributed by atoms with E-state index in [-0.39, 0.29) is 0 Å². The summed E-state index contributed by atoms with van der Waals surface area (Å²) in [5.74, 6) is 0. The molecule has 0 N–H and O–H groups in total. The third kappa shape index (κ3) is 3.26. The minimum atomic E-state index is -0.585. The van der Waals surface area contributed by atoms with Gasteiger partial charge in [-0.25, -0.2) is 9.63 Å². The molecule has 0 spiro atoms. The van der Waals surface area contributed by atoms with Crippen molar-refractivity contribution in [3.05, 3.63) is 27.6 Å². The number of fused-ring (bicyclic) bond motifs is 1. The third-order valence-corrected chi connectivity index (χ3v) is 3.24. The summed E-state index contributed by atoms with van der Waals surface area (Å²) in [5.41, 5.74) is 1.04. The van der Waals surface area contributed by atoms with E-state index in [2.05, 4.69) is 4.84 Å². The van der Waals surface area contributed by atoms with Crippen molar-refractivity contribution in [2.75, 3.05) is 18.6 Å². The van der Waals surface area contributed by atoms with Gasteiger partial charge in [-0.15, -0.1) is 0 Å². The Labute approximate surface area is 128 Å². The molecule has 0 fully saturated rings. The Bertz CT molecular complexity index is 595. The SMILES string of the molecule is CO[N+](=O)c1cc(Cl)cc2c1CCN2C(=O)OC(C)(C)C. The highest BCUT2D eigenvalue weighted by Gasteiger charge is 2.35. The fourth-order valence-electron chi connectivity index (χ4n) is 2.22. The van der Waals surface area contributed by atoms with Crippen LogP contribution in [0.25, 0.3) is 0 Å². The number of halogens is 1. The van der Waals surface area contributed by atoms with Crippen LogP contribution in [0.5, 0.6) is 0 Å². The maximum Gasteiger partial charge on any atom is 0.414 e. The Balaban J connectivity index is 2.38. The first-order valence-corrected chi connectivity index (χ1v) is 6.95. The van der Waals surface area contributed by atoms with Gasteiger partial charge < -0.3 is 4.74 Å². The van der Waals surface area contributed by atoms with E-state index in [1.165, 1.54) is 18.1 Å². The summed E-state index contributed by atoms with van der Waals surface area (Å²) in [6.07, 6.45) is 0.0905. The number of carbonyl (C=O) groups is 1. The first-order chi connectivity index (χ1) is 9.73. The first-order valence-electron chi connectivity index (χ1n) is 6.57. The molecule has 1 amide bonds. The summed E-state index contributed by atoms with van der Waals surface area (Å²) in [4.78, 5) is 30.5. The van der Waals surface area contributed by atoms with Gasteiger partial charge in [0.25, 0.3) is 4.92 Å². The molecule has 0 bridgehead atoms. The number of rotatable bonds is 2. The third-order valence-electron chi connectivity index (χ3n) is 3.02. The van der Waals surface area contributed by atoms with Crippen molar-refractivity contribution in [1.29, 1.82) is 0 Å². The van der Waals surface area contributed by atoms with Gasteiger partial charge in [-0.1, -0.05) is 11.6 Å². The Kier molecular flexibility index (Phi) is 4.09. The summed E-state index contributed by atoms with van der Waals surface area (Å²) in [7, 11) is 1.28. The fraction of sp³-hybridized carbons (Fsp3) is 0.500. The van der Waals surface area contributed by atoms with Crippen LogP contribution in [0, 0.1) is 4.91 Å². The van der Waals surface area contributed by atoms with E-state index in [9.17, 15) is 9.70 Å². The molecule has 114 valence electrons. The minimum Gasteiger partial charge on any atom is -0.443 e. The van der Waals surface area contributed by atoms with E-state index < -0.39 is 11.7 Å². The van der Waals surface area contributed by atoms with Crippen LogP contribution < -0.4 is 4.90 Å². The molecule has 0 atom stereocenters. The van der Waals surface area contributed by atoms with Gasteiger partial charge >= 0.3 is 11.8 Å². The molecule has 1 aromatic rings. The molecule has 7 heteroatoms. The van der Waals surface area contributed by atoms with E-state index in [0.717, 1.165) is 5.56 Å². The van der Waals surface area contributed by atoms with Gasteiger partial charge in [-0.05, 0) is 33.3 Å². The molecule has 1 aliphatic rings. The topological polar surface area (TPSA) is 58.9 Å². The van der Waals surface area contributed by atoms with E-state index >= 15 is 0 Å². The summed E-state index contributed by atoms with van der Waals surface area (Å²) in [6.45, 7) is 5.84. The van der Waals surface area contributed by atoms with Crippen molar-refractivity contribution >= 4 is 29.1 Å². The number of hydrogen-bond acceptors (Lipinski definition) is 4. The number of amides is 1. The van der Waals surface area contributed by atoms with E-state index in [0.29, 0.717) is 34.3 Å². The number of ether oxygens (including phenoxy) is 1. The maximum absolute atomic E-state index is 12.2. The summed E-state index contributed by atoms with van der Waals surface area (Å²) in [5, 5.41) is 0.358. The normalized spacial score (nSPS) is 13.9. The van der Waals surface area contributed by atoms with Crippen LogP contribution in [-0.4, -0.2) is 30.3 Å². The average molecular weight is 314 g/mol. The van der Waals surface area contributed by atoms with Gasteiger partial charge in [0.05, 0.1) is 16.2 Å². The molecule has 0 aliphatic carbocycles. The predicted molar refractivity (Wildman–Crippen MR) is 79.0 cm³/mol. The van der Waals surface area contributed by atoms with Crippen molar-refractivity contribution in [1.82, 2.24) is 0 Å². The van der Waals surface area contributed by atoms with Gasteiger partial charge in [0, 0.05) is 17.6 Å². The van der Waals surface area contributed by atoms with E-state index in [4.69, 9.17) is 16.3 Å². The second-order valence-electron chi connectivity index (χ2n) is 5.74. The number of hydrogen-bond donors (Lipinski definition) is 0. The number of benzene rings is 1. The van der Waals surface area contributed by atoms with Crippen LogP contribution >= 0.6 is 11.6 Å². The maximum atomic E-state index is 12.2. The molecule has 6 nitrogen and oxygen atoms in total. The van der Waals surface area contributed by atoms with Crippen LogP contribution in [0.3, 0.4) is 0 Å². The van der Waals surface area contributed by atoms with Gasteiger partial charge in [0.1, 0.15) is 5.60 Å². The van der Waals surface area contributed by atoms with E-state index in [1.54, 1.807) is 26.8 Å². The average Bonchev–Trinajstić information content (AvgIpc) is 2.78. The second kappa shape index (κ2) is 5.52. The smallest absolute Gasteiger partial charge is 0.414 e. The van der Waals surface area contributed by atoms with Crippen LogP contribution in [0.4, 0.5) is 16.2 Å². The monoisotopic (exact) mass is 313 g/mol. The van der Waals surface area contributed by atoms with Crippen molar-refractivity contribution in [2.45, 2.75) is 32.8 Å². The zero-order chi connectivity index (χ0) is 15.8. The quantitative estimate of drug-likeness (QED) is 0.783. The predicted octanol–water partition coefficient (Wildman–Crippen LogP) is 3.61. The second-order valence-corrected chi connectivity index (χ2v) is 6.18. The molecule has 1 heterocycles. The Morgan fingerprint density at radius 1 is 1.38 bits per heavy atom. The molecular formula is C14H18ClN2O4+. The summed E-state index contributed by atoms with van der Waals surface area (Å²) in [6, 6.07) is 3.18. The first kappa shape index (κ1) is 15.6. The lowest BCUT2D eigenvalue weighted by Gasteiger charge is -2.24. The zero-order valence-electron chi connectivity index (χ0n) is 12.5. The molecule has 0 unspecified atom stereocenters. The molecule has 1 aromatic carbocycles. The fourth-order valence-corrected chi connectivity index (χ4v) is 2.42. The van der Waals surface area contributed by atoms with Gasteiger partial charge in [0.2, 0.25) is 0 Å². The zero-order valence-corrected chi connectivity index (χ0v) is 13.2. The minimum absolute atomic E-state index is 0.311. The lowest BCUT2D eigenvalue weighted by atomic mass is 10.1. The Morgan fingerprint density at radius 2 is 2.05 bits per heavy atom. The highest BCUT2D eigenvalue weighted by molar-refractivity contribution is 6.31. The molecule has 0 saturated carbocycles. The summed E-state index contributed by atoms with van der Waals surface area (Å²) >= 11 is 6.03. The standard InChI is InChI=1S/C14H18ClN2O4/c1-14(2,3)21-13(18)16-6-5-10-11(16)7-9(15)8-12(10)17(19)20-4/h7-8H,5-6H2,1-4H3/q+1. The number of carbonyl (C=O) groups excluding carboxylic acids is 1. The Hall–Kier alpha value is -1.82. The molecule has 2 rings (SSSR count). The molecular weight excluding hydrogens is 296 g/mol. The number of anilines is 1. The molecule has 1 aliphatic heterocycles. The van der Waals surface area contributed by atoms with Crippen LogP contribution in [0.2, 0.25) is 5.02 Å². The van der Waals surface area contributed by atoms with Crippen molar-refractivity contribution in [3.8, 4) is 0 Å². The van der Waals surface area contributed by atoms with Crippen molar-refractivity contribution in [3.63, 3.8) is 0 Å². The van der Waals surface area contributed by atoms with Gasteiger partial charge in [-0.3, -0.25) is 4.90 Å². The van der Waals surface area contributed by atoms with E-state index in [1.807, 2.05) is 0 Å². The molecule has 0 saturated heterocycles. The molecule has 21 heavy (non-hydrogen) atoms. The lowest BCUT2D eigenvalue weighted by Crippen LogP contribution is -2.35. The highest BCUT2D eigenvalue weighted by Crippen LogP contribution is 2.38. The van der Waals surface area contributed by atoms with Gasteiger partial charge in [-0.2, -0.15) is 0 Å². The molecule has 0 radical (unpaired) electrons. The highest BCUT2D eigenvalue weighted by atomic mass is 35.5. The van der Waals surface area contributed by atoms with Crippen LogP contribution in [0.15, 0.2) is 12.1 Å². The van der Waals surface area contributed by atoms with Crippen LogP contribution in [0.1, 0.15) is 26.3 Å². The van der Waals surface area contributed by atoms with Crippen molar-refractivity contribution < 1.29 is 19.3 Å². The number of nitrogens with zero attached hydrogens (tertiary/aromatic N) is 2.